The first-order chi connectivity index (χ1) is 20.2. The third-order valence-electron chi connectivity index (χ3n) is 7.01. The summed E-state index contributed by atoms with van der Waals surface area (Å²) in [5, 5.41) is 13.0. The van der Waals surface area contributed by atoms with Crippen LogP contribution in [-0.4, -0.2) is 68.8 Å². The van der Waals surface area contributed by atoms with E-state index in [-0.39, 0.29) is 36.2 Å². The second-order valence-electron chi connectivity index (χ2n) is 10.5. The lowest BCUT2D eigenvalue weighted by molar-refractivity contribution is -0.132. The molecule has 5 rings (SSSR count). The third-order valence-corrected chi connectivity index (χ3v) is 7.01. The summed E-state index contributed by atoms with van der Waals surface area (Å²) in [4.78, 5) is 37.0. The first-order valence-corrected chi connectivity index (χ1v) is 13.5. The smallest absolute Gasteiger partial charge is 0.335 e. The van der Waals surface area contributed by atoms with E-state index in [0.29, 0.717) is 41.5 Å². The molecule has 12 heteroatoms. The number of methoxy groups -OCH3 is 1. The summed E-state index contributed by atoms with van der Waals surface area (Å²) in [6.07, 6.45) is 2.93. The Morgan fingerprint density at radius 3 is 2.50 bits per heavy atom. The molecular weight excluding hydrogens is 536 g/mol. The largest absolute Gasteiger partial charge is 0.457 e. The number of likely N-dealkylation sites (tertiary alicyclic amines) is 1. The molecule has 1 saturated heterocycles. The van der Waals surface area contributed by atoms with Crippen LogP contribution in [0.5, 0.6) is 11.5 Å². The molecule has 12 nitrogen and oxygen atoms in total. The van der Waals surface area contributed by atoms with E-state index in [1.54, 1.807) is 42.4 Å². The topological polar surface area (TPSA) is 153 Å². The number of rotatable bonds is 10. The lowest BCUT2D eigenvalue weighted by Gasteiger charge is -2.39. The molecule has 0 radical (unpaired) electrons. The number of anilines is 1. The van der Waals surface area contributed by atoms with Gasteiger partial charge in [-0.15, -0.1) is 0 Å². The number of ether oxygens (including phenoxy) is 2. The summed E-state index contributed by atoms with van der Waals surface area (Å²) in [5.41, 5.74) is 6.63. The summed E-state index contributed by atoms with van der Waals surface area (Å²) in [7, 11) is 1.61. The van der Waals surface area contributed by atoms with Crippen molar-refractivity contribution in [1.82, 2.24) is 29.3 Å². The van der Waals surface area contributed by atoms with Crippen LogP contribution in [0.1, 0.15) is 19.9 Å². The van der Waals surface area contributed by atoms with Gasteiger partial charge in [0.1, 0.15) is 35.0 Å². The molecule has 216 valence electrons. The minimum atomic E-state index is -0.593. The van der Waals surface area contributed by atoms with E-state index >= 15 is 0 Å². The van der Waals surface area contributed by atoms with Crippen LogP contribution >= 0.6 is 0 Å². The standard InChI is InChI=1S/C30H32N8O4/c1-30(2,35-13-14-41-3)15-20(16-31)28(39)36-17-22(18-36)38-27-25(26(32)33-19-34-27)37(29(38)40)21-9-11-24(12-10-21)42-23-7-5-4-6-8-23/h4-12,15,19,22,35H,13-14,17-18H2,1-3H3,(H2,32,33,34). The summed E-state index contributed by atoms with van der Waals surface area (Å²) in [6, 6.07) is 18.1. The highest BCUT2D eigenvalue weighted by Gasteiger charge is 2.37. The van der Waals surface area contributed by atoms with Gasteiger partial charge in [0, 0.05) is 32.3 Å². The van der Waals surface area contributed by atoms with Crippen molar-refractivity contribution in [2.75, 3.05) is 39.1 Å². The monoisotopic (exact) mass is 568 g/mol. The van der Waals surface area contributed by atoms with E-state index in [4.69, 9.17) is 15.2 Å². The zero-order chi connectivity index (χ0) is 29.9. The molecule has 3 heterocycles. The number of imidazole rings is 1. The maximum atomic E-state index is 13.8. The molecule has 0 unspecified atom stereocenters. The number of nitrogens with zero attached hydrogens (tertiary/aromatic N) is 6. The number of nitriles is 1. The van der Waals surface area contributed by atoms with Crippen LogP contribution in [0, 0.1) is 11.3 Å². The number of hydrogen-bond acceptors (Lipinski definition) is 9. The molecule has 42 heavy (non-hydrogen) atoms. The van der Waals surface area contributed by atoms with Crippen molar-refractivity contribution in [2.24, 2.45) is 0 Å². The highest BCUT2D eigenvalue weighted by Crippen LogP contribution is 2.29. The van der Waals surface area contributed by atoms with Crippen molar-refractivity contribution in [3.63, 3.8) is 0 Å². The molecule has 2 aromatic carbocycles. The Kier molecular flexibility index (Phi) is 8.06. The number of para-hydroxylation sites is 1. The van der Waals surface area contributed by atoms with E-state index in [1.807, 2.05) is 50.2 Å². The van der Waals surface area contributed by atoms with Gasteiger partial charge >= 0.3 is 5.69 Å². The number of fused-ring (bicyclic) bond motifs is 1. The lowest BCUT2D eigenvalue weighted by atomic mass is 9.99. The second kappa shape index (κ2) is 11.9. The molecule has 1 aliphatic heterocycles. The molecule has 2 aromatic heterocycles. The van der Waals surface area contributed by atoms with Crippen LogP contribution in [0.2, 0.25) is 0 Å². The van der Waals surface area contributed by atoms with Gasteiger partial charge in [0.05, 0.1) is 18.3 Å². The predicted octanol–water partition coefficient (Wildman–Crippen LogP) is 2.80. The number of benzene rings is 2. The Morgan fingerprint density at radius 2 is 1.83 bits per heavy atom. The zero-order valence-corrected chi connectivity index (χ0v) is 23.7. The van der Waals surface area contributed by atoms with Crippen LogP contribution < -0.4 is 21.5 Å². The number of carbonyl (C=O) groups is 1. The molecule has 4 aromatic rings. The van der Waals surface area contributed by atoms with Crippen LogP contribution in [0.3, 0.4) is 0 Å². The van der Waals surface area contributed by atoms with Gasteiger partial charge in [0.15, 0.2) is 11.5 Å². The average molecular weight is 569 g/mol. The minimum Gasteiger partial charge on any atom is -0.457 e. The van der Waals surface area contributed by atoms with Crippen LogP contribution in [-0.2, 0) is 9.53 Å². The van der Waals surface area contributed by atoms with Crippen molar-refractivity contribution in [3.05, 3.63) is 83.1 Å². The van der Waals surface area contributed by atoms with Gasteiger partial charge < -0.3 is 25.4 Å². The molecule has 3 N–H and O–H groups in total. The van der Waals surface area contributed by atoms with Crippen molar-refractivity contribution in [2.45, 2.75) is 25.4 Å². The Balaban J connectivity index is 1.39. The fourth-order valence-electron chi connectivity index (χ4n) is 4.91. The van der Waals surface area contributed by atoms with Crippen molar-refractivity contribution >= 4 is 22.9 Å². The Bertz CT molecular complexity index is 1710. The van der Waals surface area contributed by atoms with Gasteiger partial charge in [-0.25, -0.2) is 14.8 Å². The normalized spacial score (nSPS) is 14.0. The number of carbonyl (C=O) groups excluding carboxylic acids is 1. The van der Waals surface area contributed by atoms with E-state index in [2.05, 4.69) is 15.3 Å². The number of nitrogens with one attached hydrogen (secondary N) is 1. The van der Waals surface area contributed by atoms with Crippen molar-refractivity contribution < 1.29 is 14.3 Å². The molecule has 0 atom stereocenters. The predicted molar refractivity (Wildman–Crippen MR) is 157 cm³/mol. The quantitative estimate of drug-likeness (QED) is 0.167. The van der Waals surface area contributed by atoms with Gasteiger partial charge in [-0.2, -0.15) is 5.26 Å². The number of hydrogen-bond donors (Lipinski definition) is 2. The zero-order valence-electron chi connectivity index (χ0n) is 23.7. The highest BCUT2D eigenvalue weighted by atomic mass is 16.5. The summed E-state index contributed by atoms with van der Waals surface area (Å²) in [5.74, 6) is 1.07. The second-order valence-corrected chi connectivity index (χ2v) is 10.5. The molecule has 1 fully saturated rings. The minimum absolute atomic E-state index is 0.0301. The van der Waals surface area contributed by atoms with Gasteiger partial charge in [0.2, 0.25) is 0 Å². The molecular formula is C30H32N8O4. The number of amides is 1. The van der Waals surface area contributed by atoms with E-state index in [9.17, 15) is 14.9 Å². The van der Waals surface area contributed by atoms with Gasteiger partial charge in [-0.1, -0.05) is 18.2 Å². The maximum Gasteiger partial charge on any atom is 0.335 e. The van der Waals surface area contributed by atoms with Crippen LogP contribution in [0.25, 0.3) is 16.9 Å². The van der Waals surface area contributed by atoms with Gasteiger partial charge in [-0.3, -0.25) is 13.9 Å². The Morgan fingerprint density at radius 1 is 1.14 bits per heavy atom. The fourth-order valence-corrected chi connectivity index (χ4v) is 4.91. The first kappa shape index (κ1) is 28.5. The van der Waals surface area contributed by atoms with Crippen LogP contribution in [0.4, 0.5) is 5.82 Å². The summed E-state index contributed by atoms with van der Waals surface area (Å²) >= 11 is 0. The van der Waals surface area contributed by atoms with Crippen molar-refractivity contribution in [3.8, 4) is 23.3 Å². The lowest BCUT2D eigenvalue weighted by Crippen LogP contribution is -2.53. The fraction of sp³-hybridized carbons (Fsp3) is 0.300. The number of aromatic nitrogens is 4. The molecule has 0 saturated carbocycles. The van der Waals surface area contributed by atoms with Crippen LogP contribution in [0.15, 0.2) is 77.4 Å². The van der Waals surface area contributed by atoms with Crippen molar-refractivity contribution in [1.29, 1.82) is 5.26 Å². The molecule has 0 spiro atoms. The summed E-state index contributed by atoms with van der Waals surface area (Å²) in [6.45, 7) is 5.31. The first-order valence-electron chi connectivity index (χ1n) is 13.5. The third kappa shape index (κ3) is 5.74. The van der Waals surface area contributed by atoms with E-state index < -0.39 is 11.4 Å². The van der Waals surface area contributed by atoms with Gasteiger partial charge in [-0.05, 0) is 56.3 Å². The Hall–Kier alpha value is -4.99. The maximum absolute atomic E-state index is 13.8. The number of nitrogens with two attached hydrogens (primary N) is 1. The average Bonchev–Trinajstić information content (AvgIpc) is 3.25. The van der Waals surface area contributed by atoms with E-state index in [0.717, 1.165) is 0 Å². The molecule has 0 aliphatic carbocycles. The highest BCUT2D eigenvalue weighted by molar-refractivity contribution is 5.98. The number of nitrogen functional groups attached to an aromatic ring is 1. The Labute approximate surface area is 242 Å². The van der Waals surface area contributed by atoms with E-state index in [1.165, 1.54) is 15.5 Å². The SMILES string of the molecule is COCCNC(C)(C)C=C(C#N)C(=O)N1CC(n2c(=O)n(-c3ccc(Oc4ccccc4)cc3)c3c(N)ncnc32)C1. The molecule has 1 amide bonds. The molecule has 0 bridgehead atoms. The molecule has 1 aliphatic rings. The summed E-state index contributed by atoms with van der Waals surface area (Å²) < 4.78 is 14.0. The van der Waals surface area contributed by atoms with Gasteiger partial charge in [0.25, 0.3) is 5.91 Å².